The Morgan fingerprint density at radius 2 is 2.05 bits per heavy atom. The second-order valence-corrected chi connectivity index (χ2v) is 4.85. The highest BCUT2D eigenvalue weighted by Gasteiger charge is 2.21. The molecule has 1 N–H and O–H groups in total. The van der Waals surface area contributed by atoms with Gasteiger partial charge in [0.15, 0.2) is 6.10 Å². The molecule has 1 aromatic carbocycles. The SMILES string of the molecule is CCCCC(=O)O[C@H](C)C(=O)c1c[nH]c2ccccc12. The van der Waals surface area contributed by atoms with Crippen molar-refractivity contribution in [1.29, 1.82) is 0 Å². The van der Waals surface area contributed by atoms with Gasteiger partial charge in [0.2, 0.25) is 5.78 Å². The van der Waals surface area contributed by atoms with Crippen LogP contribution in [0, 0.1) is 0 Å². The fourth-order valence-corrected chi connectivity index (χ4v) is 2.13. The van der Waals surface area contributed by atoms with Crippen LogP contribution in [0.3, 0.4) is 0 Å². The molecule has 0 amide bonds. The fraction of sp³-hybridized carbons (Fsp3) is 0.375. The molecular formula is C16H19NO3. The molecule has 4 nitrogen and oxygen atoms in total. The smallest absolute Gasteiger partial charge is 0.306 e. The number of Topliss-reactive ketones (excluding diaryl/α,β-unsaturated/α-hetero) is 1. The van der Waals surface area contributed by atoms with E-state index in [4.69, 9.17) is 4.74 Å². The Morgan fingerprint density at radius 1 is 1.30 bits per heavy atom. The molecule has 0 aliphatic rings. The van der Waals surface area contributed by atoms with E-state index in [0.717, 1.165) is 23.7 Å². The zero-order chi connectivity index (χ0) is 14.5. The average Bonchev–Trinajstić information content (AvgIpc) is 2.88. The van der Waals surface area contributed by atoms with Gasteiger partial charge in [0.25, 0.3) is 0 Å². The van der Waals surface area contributed by atoms with Crippen molar-refractivity contribution in [2.24, 2.45) is 0 Å². The van der Waals surface area contributed by atoms with Gasteiger partial charge in [-0.05, 0) is 19.4 Å². The maximum absolute atomic E-state index is 12.3. The Bertz CT molecular complexity index is 615. The van der Waals surface area contributed by atoms with Gasteiger partial charge in [-0.15, -0.1) is 0 Å². The van der Waals surface area contributed by atoms with Crippen LogP contribution in [0.2, 0.25) is 0 Å². The lowest BCUT2D eigenvalue weighted by molar-refractivity contribution is -0.146. The highest BCUT2D eigenvalue weighted by atomic mass is 16.5. The maximum Gasteiger partial charge on any atom is 0.306 e. The number of aromatic nitrogens is 1. The van der Waals surface area contributed by atoms with Crippen LogP contribution in [0.5, 0.6) is 0 Å². The van der Waals surface area contributed by atoms with E-state index in [1.807, 2.05) is 31.2 Å². The third kappa shape index (κ3) is 3.07. The van der Waals surface area contributed by atoms with Gasteiger partial charge < -0.3 is 9.72 Å². The first-order valence-corrected chi connectivity index (χ1v) is 6.93. The first-order chi connectivity index (χ1) is 9.63. The lowest BCUT2D eigenvalue weighted by Crippen LogP contribution is -2.24. The molecule has 0 aliphatic carbocycles. The molecular weight excluding hydrogens is 254 g/mol. The number of carbonyl (C=O) groups is 2. The molecule has 0 saturated heterocycles. The van der Waals surface area contributed by atoms with Gasteiger partial charge in [-0.2, -0.15) is 0 Å². The predicted octanol–water partition coefficient (Wildman–Crippen LogP) is 3.47. The van der Waals surface area contributed by atoms with Gasteiger partial charge in [0.1, 0.15) is 0 Å². The number of rotatable bonds is 6. The molecule has 106 valence electrons. The number of ketones is 1. The Morgan fingerprint density at radius 3 is 2.80 bits per heavy atom. The van der Waals surface area contributed by atoms with Crippen molar-refractivity contribution in [2.45, 2.75) is 39.2 Å². The number of nitrogens with one attached hydrogen (secondary N) is 1. The van der Waals surface area contributed by atoms with Crippen LogP contribution in [0.1, 0.15) is 43.5 Å². The van der Waals surface area contributed by atoms with Gasteiger partial charge >= 0.3 is 5.97 Å². The number of ether oxygens (including phenoxy) is 1. The molecule has 2 rings (SSSR count). The second kappa shape index (κ2) is 6.37. The average molecular weight is 273 g/mol. The number of benzene rings is 1. The number of H-pyrrole nitrogens is 1. The van der Waals surface area contributed by atoms with E-state index in [1.54, 1.807) is 13.1 Å². The number of esters is 1. The first kappa shape index (κ1) is 14.3. The maximum atomic E-state index is 12.3. The molecule has 0 saturated carbocycles. The van der Waals surface area contributed by atoms with E-state index in [9.17, 15) is 9.59 Å². The van der Waals surface area contributed by atoms with Crippen molar-refractivity contribution in [3.63, 3.8) is 0 Å². The Kier molecular flexibility index (Phi) is 4.56. The van der Waals surface area contributed by atoms with Crippen molar-refractivity contribution in [3.05, 3.63) is 36.0 Å². The minimum absolute atomic E-state index is 0.174. The Hall–Kier alpha value is -2.10. The summed E-state index contributed by atoms with van der Waals surface area (Å²) in [6.07, 6.45) is 3.00. The van der Waals surface area contributed by atoms with Gasteiger partial charge in [-0.25, -0.2) is 0 Å². The normalized spacial score (nSPS) is 12.3. The largest absolute Gasteiger partial charge is 0.454 e. The van der Waals surface area contributed by atoms with Crippen LogP contribution in [0.4, 0.5) is 0 Å². The van der Waals surface area contributed by atoms with Gasteiger partial charge in [0.05, 0.1) is 0 Å². The predicted molar refractivity (Wildman–Crippen MR) is 77.7 cm³/mol. The molecule has 1 atom stereocenters. The summed E-state index contributed by atoms with van der Waals surface area (Å²) in [5.74, 6) is -0.486. The van der Waals surface area contributed by atoms with Crippen LogP contribution in [-0.2, 0) is 9.53 Å². The molecule has 0 unspecified atom stereocenters. The van der Waals surface area contributed by atoms with Crippen LogP contribution in [0.25, 0.3) is 10.9 Å². The van der Waals surface area contributed by atoms with Crippen LogP contribution < -0.4 is 0 Å². The van der Waals surface area contributed by atoms with Crippen molar-refractivity contribution >= 4 is 22.7 Å². The summed E-state index contributed by atoms with van der Waals surface area (Å²) in [4.78, 5) is 26.9. The minimum atomic E-state index is -0.751. The Balaban J connectivity index is 2.09. The van der Waals surface area contributed by atoms with E-state index in [2.05, 4.69) is 4.98 Å². The number of para-hydroxylation sites is 1. The van der Waals surface area contributed by atoms with Gasteiger partial charge in [-0.3, -0.25) is 9.59 Å². The van der Waals surface area contributed by atoms with Crippen molar-refractivity contribution < 1.29 is 14.3 Å². The molecule has 2 aromatic rings. The lowest BCUT2D eigenvalue weighted by Gasteiger charge is -2.11. The quantitative estimate of drug-likeness (QED) is 0.647. The fourth-order valence-electron chi connectivity index (χ4n) is 2.13. The van der Waals surface area contributed by atoms with Crippen LogP contribution in [0.15, 0.2) is 30.5 Å². The number of unbranched alkanes of at least 4 members (excludes halogenated alkanes) is 1. The highest BCUT2D eigenvalue weighted by Crippen LogP contribution is 2.20. The number of hydrogen-bond acceptors (Lipinski definition) is 3. The molecule has 20 heavy (non-hydrogen) atoms. The van der Waals surface area contributed by atoms with Crippen molar-refractivity contribution in [2.75, 3.05) is 0 Å². The molecule has 4 heteroatoms. The van der Waals surface area contributed by atoms with E-state index in [0.29, 0.717) is 12.0 Å². The summed E-state index contributed by atoms with van der Waals surface area (Å²) in [5, 5.41) is 0.856. The van der Waals surface area contributed by atoms with E-state index in [-0.39, 0.29) is 11.8 Å². The summed E-state index contributed by atoms with van der Waals surface area (Å²) in [7, 11) is 0. The van der Waals surface area contributed by atoms with Crippen molar-refractivity contribution in [1.82, 2.24) is 4.98 Å². The minimum Gasteiger partial charge on any atom is -0.454 e. The molecule has 1 heterocycles. The summed E-state index contributed by atoms with van der Waals surface area (Å²) in [6.45, 7) is 3.63. The van der Waals surface area contributed by atoms with E-state index < -0.39 is 6.10 Å². The lowest BCUT2D eigenvalue weighted by atomic mass is 10.1. The second-order valence-electron chi connectivity index (χ2n) is 4.85. The monoisotopic (exact) mass is 273 g/mol. The molecule has 1 aromatic heterocycles. The standard InChI is InChI=1S/C16H19NO3/c1-3-4-9-15(18)20-11(2)16(19)13-10-17-14-8-6-5-7-12(13)14/h5-8,10-11,17H,3-4,9H2,1-2H3/t11-/m1/s1. The molecule has 0 spiro atoms. The topological polar surface area (TPSA) is 59.2 Å². The summed E-state index contributed by atoms with van der Waals surface area (Å²) >= 11 is 0. The molecule has 0 radical (unpaired) electrons. The zero-order valence-electron chi connectivity index (χ0n) is 11.8. The molecule has 0 fully saturated rings. The summed E-state index contributed by atoms with van der Waals surface area (Å²) < 4.78 is 5.18. The summed E-state index contributed by atoms with van der Waals surface area (Å²) in [5.41, 5.74) is 1.47. The number of fused-ring (bicyclic) bond motifs is 1. The summed E-state index contributed by atoms with van der Waals surface area (Å²) in [6, 6.07) is 7.57. The number of aromatic amines is 1. The zero-order valence-corrected chi connectivity index (χ0v) is 11.8. The van der Waals surface area contributed by atoms with Gasteiger partial charge in [-0.1, -0.05) is 31.5 Å². The molecule has 0 aliphatic heterocycles. The first-order valence-electron chi connectivity index (χ1n) is 6.93. The number of hydrogen-bond donors (Lipinski definition) is 1. The van der Waals surface area contributed by atoms with Crippen molar-refractivity contribution in [3.8, 4) is 0 Å². The highest BCUT2D eigenvalue weighted by molar-refractivity contribution is 6.10. The van der Waals surface area contributed by atoms with E-state index in [1.165, 1.54) is 0 Å². The molecule has 0 bridgehead atoms. The van der Waals surface area contributed by atoms with Gasteiger partial charge in [0, 0.05) is 29.1 Å². The van der Waals surface area contributed by atoms with Crippen LogP contribution >= 0.6 is 0 Å². The van der Waals surface area contributed by atoms with E-state index >= 15 is 0 Å². The van der Waals surface area contributed by atoms with Crippen LogP contribution in [-0.4, -0.2) is 22.8 Å². The third-order valence-electron chi connectivity index (χ3n) is 3.27. The Labute approximate surface area is 118 Å². The third-order valence-corrected chi connectivity index (χ3v) is 3.27. The number of carbonyl (C=O) groups excluding carboxylic acids is 2.